The van der Waals surface area contributed by atoms with Crippen molar-refractivity contribution in [2.75, 3.05) is 18.4 Å². The van der Waals surface area contributed by atoms with Crippen molar-refractivity contribution in [2.24, 2.45) is 0 Å². The van der Waals surface area contributed by atoms with Gasteiger partial charge in [-0.1, -0.05) is 28.8 Å². The van der Waals surface area contributed by atoms with Gasteiger partial charge in [0.05, 0.1) is 22.4 Å². The number of carbonyl (C=O) groups is 2. The molecule has 0 unspecified atom stereocenters. The van der Waals surface area contributed by atoms with Gasteiger partial charge in [0.15, 0.2) is 0 Å². The maximum absolute atomic E-state index is 12.0. The van der Waals surface area contributed by atoms with Gasteiger partial charge in [0, 0.05) is 24.7 Å². The Labute approximate surface area is 154 Å². The van der Waals surface area contributed by atoms with E-state index in [9.17, 15) is 19.7 Å². The molecule has 0 bridgehead atoms. The number of rotatable bonds is 11. The molecule has 8 nitrogen and oxygen atoms in total. The standard InChI is InChI=1S/C16H22BrN3O5/c17-10-15(22)18-7-3-1-2-4-8-19-16(23)12-5-6-13(11-21)14(9-12)20(24)25/h5-6,9,21H,1-4,7-8,10-11H2,(H,18,22)(H,19,23). The summed E-state index contributed by atoms with van der Waals surface area (Å²) in [4.78, 5) is 33.3. The van der Waals surface area contributed by atoms with Gasteiger partial charge in [-0.05, 0) is 25.0 Å². The molecule has 0 radical (unpaired) electrons. The first-order chi connectivity index (χ1) is 12.0. The van der Waals surface area contributed by atoms with Crippen LogP contribution < -0.4 is 10.6 Å². The quantitative estimate of drug-likeness (QED) is 0.220. The molecule has 2 amide bonds. The lowest BCUT2D eigenvalue weighted by Gasteiger charge is -2.07. The molecule has 0 heterocycles. The highest BCUT2D eigenvalue weighted by molar-refractivity contribution is 9.09. The van der Waals surface area contributed by atoms with Crippen LogP contribution >= 0.6 is 15.9 Å². The summed E-state index contributed by atoms with van der Waals surface area (Å²) >= 11 is 3.07. The SMILES string of the molecule is O=C(CBr)NCCCCCCNC(=O)c1ccc(CO)c([N+](=O)[O-])c1. The van der Waals surface area contributed by atoms with Crippen molar-refractivity contribution in [3.8, 4) is 0 Å². The molecule has 0 saturated heterocycles. The third-order valence-corrected chi connectivity index (χ3v) is 4.06. The van der Waals surface area contributed by atoms with E-state index in [0.29, 0.717) is 18.4 Å². The number of nitro benzene ring substituents is 1. The number of carbonyl (C=O) groups excluding carboxylic acids is 2. The second kappa shape index (κ2) is 11.5. The normalized spacial score (nSPS) is 10.3. The van der Waals surface area contributed by atoms with Gasteiger partial charge in [0.1, 0.15) is 0 Å². The highest BCUT2D eigenvalue weighted by atomic mass is 79.9. The molecule has 0 aliphatic heterocycles. The largest absolute Gasteiger partial charge is 0.391 e. The fourth-order valence-electron chi connectivity index (χ4n) is 2.19. The number of amides is 2. The van der Waals surface area contributed by atoms with Crippen LogP contribution in [0.3, 0.4) is 0 Å². The van der Waals surface area contributed by atoms with Crippen molar-refractivity contribution in [3.63, 3.8) is 0 Å². The summed E-state index contributed by atoms with van der Waals surface area (Å²) < 4.78 is 0. The summed E-state index contributed by atoms with van der Waals surface area (Å²) in [5, 5.41) is 25.8. The second-order valence-corrected chi connectivity index (χ2v) is 5.97. The topological polar surface area (TPSA) is 122 Å². The zero-order chi connectivity index (χ0) is 18.7. The highest BCUT2D eigenvalue weighted by Gasteiger charge is 2.16. The number of hydrogen-bond acceptors (Lipinski definition) is 5. The van der Waals surface area contributed by atoms with E-state index in [1.807, 2.05) is 0 Å². The van der Waals surface area contributed by atoms with E-state index >= 15 is 0 Å². The third kappa shape index (κ3) is 7.61. The summed E-state index contributed by atoms with van der Waals surface area (Å²) in [5.41, 5.74) is 0.107. The molecule has 0 fully saturated rings. The first kappa shape index (κ1) is 21.0. The van der Waals surface area contributed by atoms with E-state index in [1.54, 1.807) is 0 Å². The van der Waals surface area contributed by atoms with Gasteiger partial charge in [-0.3, -0.25) is 19.7 Å². The van der Waals surface area contributed by atoms with Gasteiger partial charge in [-0.15, -0.1) is 0 Å². The Morgan fingerprint density at radius 2 is 1.76 bits per heavy atom. The van der Waals surface area contributed by atoms with Crippen LogP contribution in [0, 0.1) is 10.1 Å². The van der Waals surface area contributed by atoms with Crippen LogP contribution in [-0.2, 0) is 11.4 Å². The predicted octanol–water partition coefficient (Wildman–Crippen LogP) is 1.89. The first-order valence-corrected chi connectivity index (χ1v) is 9.10. The summed E-state index contributed by atoms with van der Waals surface area (Å²) in [6, 6.07) is 4.02. The summed E-state index contributed by atoms with van der Waals surface area (Å²) in [7, 11) is 0. The maximum atomic E-state index is 12.0. The molecule has 1 aromatic carbocycles. The fourth-order valence-corrected chi connectivity index (χ4v) is 2.39. The van der Waals surface area contributed by atoms with Gasteiger partial charge >= 0.3 is 0 Å². The van der Waals surface area contributed by atoms with Crippen molar-refractivity contribution in [3.05, 3.63) is 39.4 Å². The minimum atomic E-state index is -0.614. The van der Waals surface area contributed by atoms with Gasteiger partial charge in [-0.25, -0.2) is 0 Å². The number of aliphatic hydroxyl groups is 1. The number of alkyl halides is 1. The molecule has 1 aromatic rings. The molecule has 9 heteroatoms. The molecule has 0 aliphatic rings. The van der Waals surface area contributed by atoms with E-state index in [4.69, 9.17) is 5.11 Å². The van der Waals surface area contributed by atoms with Crippen molar-refractivity contribution in [1.29, 1.82) is 0 Å². The van der Waals surface area contributed by atoms with Crippen LogP contribution in [0.2, 0.25) is 0 Å². The lowest BCUT2D eigenvalue weighted by molar-refractivity contribution is -0.385. The number of benzene rings is 1. The van der Waals surface area contributed by atoms with Crippen LogP contribution in [0.15, 0.2) is 18.2 Å². The number of nitro groups is 1. The average molecular weight is 416 g/mol. The molecule has 138 valence electrons. The molecule has 3 N–H and O–H groups in total. The lowest BCUT2D eigenvalue weighted by Crippen LogP contribution is -2.25. The Balaban J connectivity index is 2.30. The Morgan fingerprint density at radius 3 is 2.32 bits per heavy atom. The third-order valence-electron chi connectivity index (χ3n) is 3.55. The van der Waals surface area contributed by atoms with E-state index in [-0.39, 0.29) is 28.6 Å². The van der Waals surface area contributed by atoms with Crippen molar-refractivity contribution >= 4 is 33.4 Å². The molecule has 0 atom stereocenters. The molecule has 25 heavy (non-hydrogen) atoms. The molecule has 0 saturated carbocycles. The van der Waals surface area contributed by atoms with Crippen molar-refractivity contribution in [2.45, 2.75) is 32.3 Å². The fraction of sp³-hybridized carbons (Fsp3) is 0.500. The average Bonchev–Trinajstić information content (AvgIpc) is 2.62. The van der Waals surface area contributed by atoms with E-state index in [1.165, 1.54) is 18.2 Å². The number of hydrogen-bond donors (Lipinski definition) is 3. The number of halogens is 1. The van der Waals surface area contributed by atoms with E-state index < -0.39 is 11.5 Å². The second-order valence-electron chi connectivity index (χ2n) is 5.41. The minimum Gasteiger partial charge on any atom is -0.391 e. The summed E-state index contributed by atoms with van der Waals surface area (Å²) in [6.07, 6.45) is 3.51. The van der Waals surface area contributed by atoms with Gasteiger partial charge < -0.3 is 15.7 Å². The Bertz CT molecular complexity index is 609. The number of nitrogens with zero attached hydrogens (tertiary/aromatic N) is 1. The van der Waals surface area contributed by atoms with Crippen LogP contribution in [-0.4, -0.2) is 40.3 Å². The van der Waals surface area contributed by atoms with Gasteiger partial charge in [-0.2, -0.15) is 0 Å². The summed E-state index contributed by atoms with van der Waals surface area (Å²) in [6.45, 7) is 0.661. The van der Waals surface area contributed by atoms with Crippen LogP contribution in [0.4, 0.5) is 5.69 Å². The molecule has 0 aromatic heterocycles. The van der Waals surface area contributed by atoms with Gasteiger partial charge in [0.2, 0.25) is 5.91 Å². The predicted molar refractivity (Wildman–Crippen MR) is 96.6 cm³/mol. The van der Waals surface area contributed by atoms with Crippen molar-refractivity contribution in [1.82, 2.24) is 10.6 Å². The molecule has 0 spiro atoms. The number of nitrogens with one attached hydrogen (secondary N) is 2. The monoisotopic (exact) mass is 415 g/mol. The van der Waals surface area contributed by atoms with Gasteiger partial charge in [0.25, 0.3) is 11.6 Å². The number of aliphatic hydroxyl groups excluding tert-OH is 1. The first-order valence-electron chi connectivity index (χ1n) is 7.98. The molecule has 1 rings (SSSR count). The maximum Gasteiger partial charge on any atom is 0.275 e. The zero-order valence-electron chi connectivity index (χ0n) is 13.8. The van der Waals surface area contributed by atoms with E-state index in [0.717, 1.165) is 25.7 Å². The van der Waals surface area contributed by atoms with E-state index in [2.05, 4.69) is 26.6 Å². The lowest BCUT2D eigenvalue weighted by atomic mass is 10.1. The Kier molecular flexibility index (Phi) is 9.71. The number of unbranched alkanes of at least 4 members (excludes halogenated alkanes) is 3. The van der Waals surface area contributed by atoms with Crippen molar-refractivity contribution < 1.29 is 19.6 Å². The van der Waals surface area contributed by atoms with Crippen LogP contribution in [0.25, 0.3) is 0 Å². The molecular formula is C16H22BrN3O5. The van der Waals surface area contributed by atoms with Crippen LogP contribution in [0.1, 0.15) is 41.6 Å². The Hall–Kier alpha value is -2.00. The molecular weight excluding hydrogens is 394 g/mol. The summed E-state index contributed by atoms with van der Waals surface area (Å²) in [5.74, 6) is -0.411. The smallest absolute Gasteiger partial charge is 0.275 e. The zero-order valence-corrected chi connectivity index (χ0v) is 15.4. The Morgan fingerprint density at radius 1 is 1.12 bits per heavy atom. The van der Waals surface area contributed by atoms with Crippen LogP contribution in [0.5, 0.6) is 0 Å². The highest BCUT2D eigenvalue weighted by Crippen LogP contribution is 2.20. The minimum absolute atomic E-state index is 0.0337. The molecule has 0 aliphatic carbocycles.